The predicted molar refractivity (Wildman–Crippen MR) is 138 cm³/mol. The third-order valence-corrected chi connectivity index (χ3v) is 8.13. The number of aromatic amines is 1. The fraction of sp³-hybridized carbons (Fsp3) is 0.280. The van der Waals surface area contributed by atoms with Crippen molar-refractivity contribution in [2.24, 2.45) is 0 Å². The molecule has 0 saturated carbocycles. The summed E-state index contributed by atoms with van der Waals surface area (Å²) in [4.78, 5) is 33.0. The summed E-state index contributed by atoms with van der Waals surface area (Å²) in [5.41, 5.74) is 1.47. The van der Waals surface area contributed by atoms with Crippen LogP contribution in [-0.4, -0.2) is 64.7 Å². The molecule has 12 nitrogen and oxygen atoms in total. The number of anilines is 1. The minimum atomic E-state index is -3.69. The summed E-state index contributed by atoms with van der Waals surface area (Å²) >= 11 is 0. The van der Waals surface area contributed by atoms with Gasteiger partial charge in [-0.3, -0.25) is 14.6 Å². The van der Waals surface area contributed by atoms with Gasteiger partial charge in [0, 0.05) is 36.0 Å². The number of hydrogen-bond donors (Lipinski definition) is 2. The molecule has 1 aromatic carbocycles. The molecule has 3 aromatic heterocycles. The van der Waals surface area contributed by atoms with Gasteiger partial charge >= 0.3 is 0 Å². The number of benzene rings is 1. The van der Waals surface area contributed by atoms with E-state index in [0.717, 1.165) is 0 Å². The van der Waals surface area contributed by atoms with Gasteiger partial charge in [0.25, 0.3) is 11.5 Å². The molecule has 4 aromatic rings. The summed E-state index contributed by atoms with van der Waals surface area (Å²) in [6, 6.07) is 10.7. The van der Waals surface area contributed by atoms with Crippen molar-refractivity contribution < 1.29 is 22.4 Å². The second kappa shape index (κ2) is 10.4. The van der Waals surface area contributed by atoms with Crippen molar-refractivity contribution in [1.82, 2.24) is 24.1 Å². The van der Waals surface area contributed by atoms with Crippen LogP contribution < -0.4 is 10.9 Å². The standard InChI is InChI=1S/C25H26N6O6S/c1-3-19-16(2)26-25(28-24(19)33)31-22(15-20(29-31)21-5-4-12-37-21)27-23(32)17-6-8-18(9-7-17)38(34,35)30-10-13-36-14-11-30/h4-9,12,15H,3,10-11,13-14H2,1-2H3,(H,27,32)(H,26,28,33). The monoisotopic (exact) mass is 538 g/mol. The van der Waals surface area contributed by atoms with E-state index in [9.17, 15) is 18.0 Å². The molecule has 1 fully saturated rings. The Morgan fingerprint density at radius 1 is 1.16 bits per heavy atom. The van der Waals surface area contributed by atoms with Crippen molar-refractivity contribution in [3.8, 4) is 17.4 Å². The number of aryl methyl sites for hydroxylation is 1. The Balaban J connectivity index is 1.45. The molecule has 13 heteroatoms. The van der Waals surface area contributed by atoms with E-state index in [1.54, 1.807) is 25.1 Å². The Labute approximate surface area is 218 Å². The van der Waals surface area contributed by atoms with E-state index >= 15 is 0 Å². The highest BCUT2D eigenvalue weighted by Gasteiger charge is 2.26. The van der Waals surface area contributed by atoms with Crippen molar-refractivity contribution in [2.45, 2.75) is 25.2 Å². The van der Waals surface area contributed by atoms with Gasteiger partial charge in [-0.1, -0.05) is 6.92 Å². The van der Waals surface area contributed by atoms with Gasteiger partial charge in [0.05, 0.1) is 24.4 Å². The second-order valence-corrected chi connectivity index (χ2v) is 10.5. The van der Waals surface area contributed by atoms with Gasteiger partial charge in [-0.15, -0.1) is 0 Å². The lowest BCUT2D eigenvalue weighted by Gasteiger charge is -2.26. The predicted octanol–water partition coefficient (Wildman–Crippen LogP) is 2.36. The molecule has 0 aliphatic carbocycles. The molecule has 2 N–H and O–H groups in total. The number of rotatable bonds is 7. The van der Waals surface area contributed by atoms with E-state index < -0.39 is 15.9 Å². The average Bonchev–Trinajstić information content (AvgIpc) is 3.59. The minimum absolute atomic E-state index is 0.0920. The van der Waals surface area contributed by atoms with Crippen LogP contribution in [0.25, 0.3) is 17.4 Å². The van der Waals surface area contributed by atoms with Gasteiger partial charge in [0.1, 0.15) is 11.5 Å². The zero-order valence-electron chi connectivity index (χ0n) is 20.8. The number of furan rings is 1. The SMILES string of the molecule is CCc1c(C)nc(-n2nc(-c3ccco3)cc2NC(=O)c2ccc(S(=O)(=O)N3CCOCC3)cc2)[nH]c1=O. The van der Waals surface area contributed by atoms with Gasteiger partial charge in [-0.25, -0.2) is 13.4 Å². The van der Waals surface area contributed by atoms with E-state index in [1.807, 2.05) is 6.92 Å². The molecule has 198 valence electrons. The van der Waals surface area contributed by atoms with E-state index in [2.05, 4.69) is 20.4 Å². The molecular weight excluding hydrogens is 512 g/mol. The van der Waals surface area contributed by atoms with Crippen LogP contribution >= 0.6 is 0 Å². The normalized spacial score (nSPS) is 14.5. The first-order valence-electron chi connectivity index (χ1n) is 12.0. The fourth-order valence-corrected chi connectivity index (χ4v) is 5.60. The summed E-state index contributed by atoms with van der Waals surface area (Å²) in [5.74, 6) is 0.320. The molecule has 1 aliphatic heterocycles. The third-order valence-electron chi connectivity index (χ3n) is 6.21. The number of carbonyl (C=O) groups excluding carboxylic acids is 1. The Hall–Kier alpha value is -4.07. The first-order valence-corrected chi connectivity index (χ1v) is 13.5. The number of hydrogen-bond acceptors (Lipinski definition) is 8. The maximum absolute atomic E-state index is 13.1. The van der Waals surface area contributed by atoms with Gasteiger partial charge in [-0.05, 0) is 49.7 Å². The lowest BCUT2D eigenvalue weighted by molar-refractivity contribution is 0.0730. The van der Waals surface area contributed by atoms with Crippen molar-refractivity contribution in [3.05, 3.63) is 75.9 Å². The molecule has 5 rings (SSSR count). The van der Waals surface area contributed by atoms with Crippen LogP contribution in [0.3, 0.4) is 0 Å². The summed E-state index contributed by atoms with van der Waals surface area (Å²) in [7, 11) is -3.69. The Morgan fingerprint density at radius 2 is 1.89 bits per heavy atom. The molecule has 0 unspecified atom stereocenters. The molecule has 0 bridgehead atoms. The number of H-pyrrole nitrogens is 1. The summed E-state index contributed by atoms with van der Waals surface area (Å²) in [6.07, 6.45) is 2.02. The zero-order valence-corrected chi connectivity index (χ0v) is 21.6. The first kappa shape index (κ1) is 25.6. The average molecular weight is 539 g/mol. The molecule has 0 spiro atoms. The topological polar surface area (TPSA) is 152 Å². The minimum Gasteiger partial charge on any atom is -0.463 e. The molecule has 1 aliphatic rings. The summed E-state index contributed by atoms with van der Waals surface area (Å²) in [6.45, 7) is 4.84. The number of carbonyl (C=O) groups is 1. The number of nitrogens with zero attached hydrogens (tertiary/aromatic N) is 4. The first-order chi connectivity index (χ1) is 18.3. The largest absolute Gasteiger partial charge is 0.463 e. The van der Waals surface area contributed by atoms with Gasteiger partial charge in [0.15, 0.2) is 5.76 Å². The molecule has 4 heterocycles. The van der Waals surface area contributed by atoms with Crippen molar-refractivity contribution in [1.29, 1.82) is 0 Å². The van der Waals surface area contributed by atoms with Gasteiger partial charge in [-0.2, -0.15) is 14.1 Å². The van der Waals surface area contributed by atoms with Crippen LogP contribution in [0.2, 0.25) is 0 Å². The highest BCUT2D eigenvalue weighted by molar-refractivity contribution is 7.89. The molecular formula is C25H26N6O6S. The van der Waals surface area contributed by atoms with Crippen LogP contribution in [0, 0.1) is 6.92 Å². The Bertz CT molecular complexity index is 1620. The number of amides is 1. The number of morpholine rings is 1. The smallest absolute Gasteiger partial charge is 0.256 e. The molecule has 0 radical (unpaired) electrons. The number of ether oxygens (including phenoxy) is 1. The number of aromatic nitrogens is 4. The lowest BCUT2D eigenvalue weighted by Crippen LogP contribution is -2.40. The fourth-order valence-electron chi connectivity index (χ4n) is 4.19. The van der Waals surface area contributed by atoms with E-state index in [0.29, 0.717) is 42.3 Å². The van der Waals surface area contributed by atoms with Gasteiger partial charge in [0.2, 0.25) is 16.0 Å². The van der Waals surface area contributed by atoms with Gasteiger partial charge < -0.3 is 14.5 Å². The highest BCUT2D eigenvalue weighted by atomic mass is 32.2. The van der Waals surface area contributed by atoms with E-state index in [4.69, 9.17) is 9.15 Å². The van der Waals surface area contributed by atoms with Crippen molar-refractivity contribution in [2.75, 3.05) is 31.6 Å². The van der Waals surface area contributed by atoms with Crippen LogP contribution in [-0.2, 0) is 21.2 Å². The quantitative estimate of drug-likeness (QED) is 0.364. The van der Waals surface area contributed by atoms with E-state index in [1.165, 1.54) is 39.5 Å². The summed E-state index contributed by atoms with van der Waals surface area (Å²) < 4.78 is 39.1. The highest BCUT2D eigenvalue weighted by Crippen LogP contribution is 2.25. The van der Waals surface area contributed by atoms with E-state index in [-0.39, 0.29) is 40.9 Å². The zero-order chi connectivity index (χ0) is 26.9. The lowest BCUT2D eigenvalue weighted by atomic mass is 10.2. The Morgan fingerprint density at radius 3 is 2.53 bits per heavy atom. The maximum atomic E-state index is 13.1. The van der Waals surface area contributed by atoms with Crippen LogP contribution in [0.5, 0.6) is 0 Å². The summed E-state index contributed by atoms with van der Waals surface area (Å²) in [5, 5.41) is 7.26. The second-order valence-electron chi connectivity index (χ2n) is 8.61. The molecule has 0 atom stereocenters. The number of nitrogens with one attached hydrogen (secondary N) is 2. The number of sulfonamides is 1. The molecule has 1 amide bonds. The van der Waals surface area contributed by atoms with Crippen LogP contribution in [0.4, 0.5) is 5.82 Å². The molecule has 1 saturated heterocycles. The molecule has 38 heavy (non-hydrogen) atoms. The third kappa shape index (κ3) is 4.90. The van der Waals surface area contributed by atoms with Crippen molar-refractivity contribution >= 4 is 21.7 Å². The van der Waals surface area contributed by atoms with Crippen LogP contribution in [0.15, 0.2) is 62.8 Å². The van der Waals surface area contributed by atoms with Crippen LogP contribution in [0.1, 0.15) is 28.5 Å². The Kier molecular flexibility index (Phi) is 6.97. The van der Waals surface area contributed by atoms with Crippen molar-refractivity contribution in [3.63, 3.8) is 0 Å². The maximum Gasteiger partial charge on any atom is 0.256 e.